The number of hydrogen-bond acceptors (Lipinski definition) is 4. The molecule has 1 heterocycles. The molecular weight excluding hydrogens is 272 g/mol. The van der Waals surface area contributed by atoms with E-state index in [1.807, 2.05) is 0 Å². The first-order valence-electron chi connectivity index (χ1n) is 5.59. The summed E-state index contributed by atoms with van der Waals surface area (Å²) >= 11 is 0. The number of carbonyl (C=O) groups is 2. The lowest BCUT2D eigenvalue weighted by atomic mass is 10.1. The minimum atomic E-state index is -2.55. The number of carboxylic acids is 2. The number of hydrogen-bond donors (Lipinski definition) is 2. The normalized spacial score (nSPS) is 16.2. The molecule has 0 radical (unpaired) electrons. The molecule has 0 bridgehead atoms. The zero-order chi connectivity index (χ0) is 14.5. The van der Waals surface area contributed by atoms with Crippen molar-refractivity contribution in [2.24, 2.45) is 0 Å². The van der Waals surface area contributed by atoms with Gasteiger partial charge in [0, 0.05) is 0 Å². The summed E-state index contributed by atoms with van der Waals surface area (Å²) in [6.07, 6.45) is 1.75. The van der Waals surface area contributed by atoms with Gasteiger partial charge in [-0.3, -0.25) is 0 Å². The van der Waals surface area contributed by atoms with Gasteiger partial charge in [-0.15, -0.1) is 0 Å². The highest BCUT2D eigenvalue weighted by Crippen LogP contribution is 2.08. The van der Waals surface area contributed by atoms with Crippen LogP contribution in [0.5, 0.6) is 0 Å². The second-order valence-corrected chi connectivity index (χ2v) is 6.35. The summed E-state index contributed by atoms with van der Waals surface area (Å²) in [7, 11) is -2.55. The summed E-state index contributed by atoms with van der Waals surface area (Å²) in [5, 5.41) is 17.0. The standard InChI is InChI=1S/C8H6O4.C4H8O2S/c9-7(10)5-2-1-3-6(4-5)8(11)12;5-7(6)3-1-2-4-7/h1-4H,(H,9,10)(H,11,12);1-4H2. The van der Waals surface area contributed by atoms with Crippen LogP contribution in [0.15, 0.2) is 24.3 Å². The van der Waals surface area contributed by atoms with Gasteiger partial charge in [0.05, 0.1) is 22.6 Å². The second-order valence-electron chi connectivity index (χ2n) is 4.05. The zero-order valence-electron chi connectivity index (χ0n) is 10.1. The molecule has 19 heavy (non-hydrogen) atoms. The molecule has 1 aliphatic heterocycles. The molecule has 7 heteroatoms. The van der Waals surface area contributed by atoms with Crippen LogP contribution in [0.25, 0.3) is 0 Å². The first kappa shape index (κ1) is 15.2. The van der Waals surface area contributed by atoms with Gasteiger partial charge < -0.3 is 10.2 Å². The number of benzene rings is 1. The smallest absolute Gasteiger partial charge is 0.335 e. The Morgan fingerprint density at radius 3 is 1.63 bits per heavy atom. The summed E-state index contributed by atoms with van der Waals surface area (Å²) in [5.41, 5.74) is -0.0372. The van der Waals surface area contributed by atoms with Gasteiger partial charge >= 0.3 is 11.9 Å². The predicted molar refractivity (Wildman–Crippen MR) is 68.2 cm³/mol. The molecule has 2 rings (SSSR count). The van der Waals surface area contributed by atoms with E-state index in [4.69, 9.17) is 10.2 Å². The van der Waals surface area contributed by atoms with Crippen LogP contribution in [0.2, 0.25) is 0 Å². The molecule has 104 valence electrons. The largest absolute Gasteiger partial charge is 0.478 e. The van der Waals surface area contributed by atoms with Crippen LogP contribution in [-0.2, 0) is 9.84 Å². The fraction of sp³-hybridized carbons (Fsp3) is 0.333. The van der Waals surface area contributed by atoms with E-state index in [2.05, 4.69) is 0 Å². The number of aromatic carboxylic acids is 2. The van der Waals surface area contributed by atoms with Crippen molar-refractivity contribution in [2.45, 2.75) is 12.8 Å². The Kier molecular flexibility index (Phi) is 5.05. The van der Waals surface area contributed by atoms with E-state index in [0.29, 0.717) is 11.5 Å². The van der Waals surface area contributed by atoms with Gasteiger partial charge in [0.25, 0.3) is 0 Å². The molecule has 0 amide bonds. The third kappa shape index (κ3) is 5.09. The van der Waals surface area contributed by atoms with Gasteiger partial charge in [-0.1, -0.05) is 6.07 Å². The molecule has 2 N–H and O–H groups in total. The van der Waals surface area contributed by atoms with Crippen LogP contribution in [0, 0.1) is 0 Å². The molecule has 1 fully saturated rings. The van der Waals surface area contributed by atoms with E-state index in [1.165, 1.54) is 18.2 Å². The van der Waals surface area contributed by atoms with E-state index in [9.17, 15) is 18.0 Å². The van der Waals surface area contributed by atoms with Crippen molar-refractivity contribution in [2.75, 3.05) is 11.5 Å². The summed E-state index contributed by atoms with van der Waals surface area (Å²) in [6.45, 7) is 0. The Bertz CT molecular complexity index is 534. The summed E-state index contributed by atoms with van der Waals surface area (Å²) in [6, 6.07) is 5.20. The number of sulfone groups is 1. The molecule has 0 atom stereocenters. The Labute approximate surface area is 110 Å². The zero-order valence-corrected chi connectivity index (χ0v) is 10.9. The summed E-state index contributed by atoms with van der Waals surface area (Å²) < 4.78 is 20.9. The van der Waals surface area contributed by atoms with Crippen LogP contribution in [0.4, 0.5) is 0 Å². The van der Waals surface area contributed by atoms with E-state index in [0.717, 1.165) is 18.9 Å². The predicted octanol–water partition coefficient (Wildman–Crippen LogP) is 1.28. The highest BCUT2D eigenvalue weighted by atomic mass is 32.2. The van der Waals surface area contributed by atoms with Gasteiger partial charge in [0.2, 0.25) is 0 Å². The number of carboxylic acid groups (broad SMARTS) is 2. The molecular formula is C12H14O6S. The van der Waals surface area contributed by atoms with E-state index in [1.54, 1.807) is 0 Å². The Morgan fingerprint density at radius 1 is 0.947 bits per heavy atom. The Balaban J connectivity index is 0.000000218. The second kappa shape index (κ2) is 6.33. The van der Waals surface area contributed by atoms with Gasteiger partial charge in [0.15, 0.2) is 0 Å². The van der Waals surface area contributed by atoms with Crippen molar-refractivity contribution < 1.29 is 28.2 Å². The van der Waals surface area contributed by atoms with Crippen molar-refractivity contribution in [1.29, 1.82) is 0 Å². The summed E-state index contributed by atoms with van der Waals surface area (Å²) in [5.74, 6) is -1.41. The van der Waals surface area contributed by atoms with Gasteiger partial charge in [0.1, 0.15) is 9.84 Å². The highest BCUT2D eigenvalue weighted by molar-refractivity contribution is 7.91. The minimum absolute atomic E-state index is 0.0186. The fourth-order valence-electron chi connectivity index (χ4n) is 1.53. The van der Waals surface area contributed by atoms with Crippen LogP contribution in [0.1, 0.15) is 33.6 Å². The maximum atomic E-state index is 10.4. The average molecular weight is 286 g/mol. The van der Waals surface area contributed by atoms with Crippen molar-refractivity contribution in [1.82, 2.24) is 0 Å². The SMILES string of the molecule is O=C(O)c1cccc(C(=O)O)c1.O=S1(=O)CCCC1. The van der Waals surface area contributed by atoms with Crippen molar-refractivity contribution in [3.8, 4) is 0 Å². The van der Waals surface area contributed by atoms with Crippen molar-refractivity contribution >= 4 is 21.8 Å². The van der Waals surface area contributed by atoms with Gasteiger partial charge in [-0.05, 0) is 31.0 Å². The van der Waals surface area contributed by atoms with Crippen LogP contribution in [0.3, 0.4) is 0 Å². The lowest BCUT2D eigenvalue weighted by molar-refractivity contribution is 0.0696. The molecule has 1 aromatic carbocycles. The lowest BCUT2D eigenvalue weighted by Crippen LogP contribution is -2.01. The number of rotatable bonds is 2. The van der Waals surface area contributed by atoms with Gasteiger partial charge in [-0.2, -0.15) is 0 Å². The van der Waals surface area contributed by atoms with E-state index >= 15 is 0 Å². The highest BCUT2D eigenvalue weighted by Gasteiger charge is 2.16. The molecule has 1 saturated heterocycles. The van der Waals surface area contributed by atoms with Crippen molar-refractivity contribution in [3.63, 3.8) is 0 Å². The minimum Gasteiger partial charge on any atom is -0.478 e. The fourth-order valence-corrected chi connectivity index (χ4v) is 3.02. The van der Waals surface area contributed by atoms with Crippen LogP contribution >= 0.6 is 0 Å². The average Bonchev–Trinajstić information content (AvgIpc) is 2.75. The van der Waals surface area contributed by atoms with Crippen LogP contribution < -0.4 is 0 Å². The monoisotopic (exact) mass is 286 g/mol. The molecule has 0 unspecified atom stereocenters. The molecule has 0 saturated carbocycles. The Hall–Kier alpha value is -1.89. The first-order chi connectivity index (χ1) is 8.82. The molecule has 1 aromatic rings. The topological polar surface area (TPSA) is 109 Å². The molecule has 0 aliphatic carbocycles. The first-order valence-corrected chi connectivity index (χ1v) is 7.41. The molecule has 6 nitrogen and oxygen atoms in total. The quantitative estimate of drug-likeness (QED) is 0.847. The van der Waals surface area contributed by atoms with E-state index < -0.39 is 21.8 Å². The van der Waals surface area contributed by atoms with Gasteiger partial charge in [-0.25, -0.2) is 18.0 Å². The molecule has 0 aromatic heterocycles. The molecule has 0 spiro atoms. The van der Waals surface area contributed by atoms with Crippen molar-refractivity contribution in [3.05, 3.63) is 35.4 Å². The maximum absolute atomic E-state index is 10.4. The van der Waals surface area contributed by atoms with Crippen LogP contribution in [-0.4, -0.2) is 42.1 Å². The third-order valence-electron chi connectivity index (χ3n) is 2.52. The molecule has 1 aliphatic rings. The third-order valence-corrected chi connectivity index (χ3v) is 4.34. The Morgan fingerprint density at radius 2 is 1.37 bits per heavy atom. The summed E-state index contributed by atoms with van der Waals surface area (Å²) in [4.78, 5) is 20.8. The maximum Gasteiger partial charge on any atom is 0.335 e. The van der Waals surface area contributed by atoms with E-state index in [-0.39, 0.29) is 11.1 Å². The lowest BCUT2D eigenvalue weighted by Gasteiger charge is -1.95.